The Morgan fingerprint density at radius 3 is 2.68 bits per heavy atom. The molecule has 1 atom stereocenters. The molecule has 2 bridgehead atoms. The molecule has 1 saturated heterocycles. The van der Waals surface area contributed by atoms with Gasteiger partial charge in [0.2, 0.25) is 0 Å². The quantitative estimate of drug-likeness (QED) is 0.480. The van der Waals surface area contributed by atoms with Crippen LogP contribution in [0.2, 0.25) is 0 Å². The summed E-state index contributed by atoms with van der Waals surface area (Å²) in [5, 5.41) is 0. The molecule has 7 rings (SSSR count). The van der Waals surface area contributed by atoms with Gasteiger partial charge in [0.25, 0.3) is 0 Å². The highest BCUT2D eigenvalue weighted by Gasteiger charge is 2.33. The average Bonchev–Trinajstić information content (AvgIpc) is 3.28. The summed E-state index contributed by atoms with van der Waals surface area (Å²) < 4.78 is 27.6. The molecule has 0 amide bonds. The molecule has 3 aromatic heterocycles. The Hall–Kier alpha value is -3.82. The summed E-state index contributed by atoms with van der Waals surface area (Å²) in [6.07, 6.45) is 10.1. The van der Waals surface area contributed by atoms with Crippen molar-refractivity contribution in [3.8, 4) is 17.4 Å². The van der Waals surface area contributed by atoms with E-state index in [0.717, 1.165) is 24.4 Å². The number of pyridine rings is 1. The van der Waals surface area contributed by atoms with E-state index < -0.39 is 5.82 Å². The van der Waals surface area contributed by atoms with Crippen molar-refractivity contribution in [3.05, 3.63) is 53.1 Å². The Balaban J connectivity index is 1.41. The molecule has 0 radical (unpaired) electrons. The van der Waals surface area contributed by atoms with Crippen LogP contribution in [0.5, 0.6) is 6.01 Å². The highest BCUT2D eigenvalue weighted by atomic mass is 19.1. The fraction of sp³-hybridized carbons (Fsp3) is 0.444. The Labute approximate surface area is 214 Å². The maximum absolute atomic E-state index is 14.1. The van der Waals surface area contributed by atoms with E-state index in [0.29, 0.717) is 53.7 Å². The fourth-order valence-electron chi connectivity index (χ4n) is 5.58. The summed E-state index contributed by atoms with van der Waals surface area (Å²) in [6, 6.07) is 1.80. The van der Waals surface area contributed by atoms with Crippen LogP contribution in [0, 0.1) is 18.7 Å². The van der Waals surface area contributed by atoms with Crippen molar-refractivity contribution in [1.82, 2.24) is 29.4 Å². The molecule has 4 aliphatic heterocycles. The number of aromatic nitrogens is 5. The molecule has 1 unspecified atom stereocenters. The van der Waals surface area contributed by atoms with E-state index in [1.807, 2.05) is 24.6 Å². The van der Waals surface area contributed by atoms with Gasteiger partial charge in [-0.3, -0.25) is 9.98 Å². The molecule has 10 heteroatoms. The molecule has 192 valence electrons. The molecule has 0 saturated carbocycles. The van der Waals surface area contributed by atoms with Gasteiger partial charge >= 0.3 is 6.01 Å². The van der Waals surface area contributed by atoms with Gasteiger partial charge in [-0.2, -0.15) is 9.97 Å². The van der Waals surface area contributed by atoms with Crippen molar-refractivity contribution in [1.29, 1.82) is 0 Å². The standard InChI is InChI=1S/C27H30FN7O2/c1-4-37-27-31-16(2)24-26(33-27)35(25(32-24)18-9-20(28)13-29-11-18)14-19-12-30-22(10-23(19)36-3)21-15-34-7-5-17(21)6-8-34/h9,11-13,15,17,22H,4-8,10,14H2,1-3H3. The second kappa shape index (κ2) is 9.57. The summed E-state index contributed by atoms with van der Waals surface area (Å²) in [7, 11) is 1.71. The van der Waals surface area contributed by atoms with E-state index in [1.165, 1.54) is 30.7 Å². The van der Waals surface area contributed by atoms with E-state index in [4.69, 9.17) is 19.5 Å². The highest BCUT2D eigenvalue weighted by molar-refractivity contribution is 5.83. The van der Waals surface area contributed by atoms with Crippen LogP contribution in [0.25, 0.3) is 22.6 Å². The Kier molecular flexibility index (Phi) is 6.10. The van der Waals surface area contributed by atoms with Crippen LogP contribution in [0.1, 0.15) is 31.9 Å². The van der Waals surface area contributed by atoms with Gasteiger partial charge in [0.1, 0.15) is 22.9 Å². The minimum atomic E-state index is -0.432. The highest BCUT2D eigenvalue weighted by Crippen LogP contribution is 2.38. The van der Waals surface area contributed by atoms with E-state index in [9.17, 15) is 4.39 Å². The lowest BCUT2D eigenvalue weighted by Crippen LogP contribution is -2.39. The third kappa shape index (κ3) is 4.34. The SMILES string of the molecule is CCOc1nc(C)c2nc(-c3cncc(F)c3)n(CC3=C(OC)CC(C4=CN5CCC4CC5)N=C3)c2n1. The first kappa shape index (κ1) is 23.6. The first-order valence-corrected chi connectivity index (χ1v) is 12.8. The van der Waals surface area contributed by atoms with Crippen LogP contribution in [0.3, 0.4) is 0 Å². The molecule has 0 spiro atoms. The maximum Gasteiger partial charge on any atom is 0.318 e. The molecule has 37 heavy (non-hydrogen) atoms. The number of methoxy groups -OCH3 is 1. The van der Waals surface area contributed by atoms with Gasteiger partial charge in [-0.25, -0.2) is 9.37 Å². The molecule has 1 fully saturated rings. The van der Waals surface area contributed by atoms with Gasteiger partial charge in [0.05, 0.1) is 38.2 Å². The lowest BCUT2D eigenvalue weighted by molar-refractivity contribution is 0.215. The lowest BCUT2D eigenvalue weighted by atomic mass is 9.80. The number of aliphatic imine (C=N–C) groups is 1. The largest absolute Gasteiger partial charge is 0.501 e. The van der Waals surface area contributed by atoms with E-state index in [-0.39, 0.29) is 12.1 Å². The van der Waals surface area contributed by atoms with Crippen molar-refractivity contribution < 1.29 is 13.9 Å². The molecular formula is C27H30FN7O2. The Morgan fingerprint density at radius 1 is 1.14 bits per heavy atom. The van der Waals surface area contributed by atoms with Crippen molar-refractivity contribution in [2.45, 2.75) is 45.7 Å². The Bertz CT molecular complexity index is 1440. The molecule has 0 aromatic carbocycles. The number of allylic oxidation sites excluding steroid dienone is 1. The van der Waals surface area contributed by atoms with E-state index in [1.54, 1.807) is 13.3 Å². The summed E-state index contributed by atoms with van der Waals surface area (Å²) in [5.74, 6) is 1.61. The maximum atomic E-state index is 14.1. The zero-order valence-electron chi connectivity index (χ0n) is 21.3. The minimum Gasteiger partial charge on any atom is -0.501 e. The number of hydrogen-bond donors (Lipinski definition) is 0. The van der Waals surface area contributed by atoms with Crippen molar-refractivity contribution >= 4 is 17.4 Å². The molecular weight excluding hydrogens is 473 g/mol. The third-order valence-electron chi connectivity index (χ3n) is 7.42. The van der Waals surface area contributed by atoms with Gasteiger partial charge in [0.15, 0.2) is 5.65 Å². The number of aryl methyl sites for hydroxylation is 1. The zero-order chi connectivity index (χ0) is 25.5. The number of dihydropyridines is 1. The fourth-order valence-corrected chi connectivity index (χ4v) is 5.58. The van der Waals surface area contributed by atoms with Gasteiger partial charge in [-0.05, 0) is 44.2 Å². The second-order valence-corrected chi connectivity index (χ2v) is 9.70. The van der Waals surface area contributed by atoms with Gasteiger partial charge in [0, 0.05) is 49.3 Å². The number of hydrogen-bond acceptors (Lipinski definition) is 8. The van der Waals surface area contributed by atoms with Crippen LogP contribution in [-0.2, 0) is 11.3 Å². The van der Waals surface area contributed by atoms with Gasteiger partial charge < -0.3 is 18.9 Å². The van der Waals surface area contributed by atoms with Crippen LogP contribution in [0.15, 0.2) is 46.6 Å². The summed E-state index contributed by atoms with van der Waals surface area (Å²) in [4.78, 5) is 25.3. The summed E-state index contributed by atoms with van der Waals surface area (Å²) in [6.45, 7) is 6.88. The average molecular weight is 504 g/mol. The third-order valence-corrected chi connectivity index (χ3v) is 7.42. The van der Waals surface area contributed by atoms with Crippen molar-refractivity contribution in [2.24, 2.45) is 10.9 Å². The lowest BCUT2D eigenvalue weighted by Gasteiger charge is -2.41. The second-order valence-electron chi connectivity index (χ2n) is 9.70. The number of rotatable bonds is 7. The predicted octanol–water partition coefficient (Wildman–Crippen LogP) is 4.09. The normalized spacial score (nSPS) is 19.6. The minimum absolute atomic E-state index is 0.0901. The summed E-state index contributed by atoms with van der Waals surface area (Å²) in [5.41, 5.74) is 4.81. The molecule has 0 N–H and O–H groups in total. The van der Waals surface area contributed by atoms with E-state index in [2.05, 4.69) is 26.1 Å². The number of ether oxygens (including phenoxy) is 2. The van der Waals surface area contributed by atoms with Gasteiger partial charge in [-0.15, -0.1) is 0 Å². The smallest absolute Gasteiger partial charge is 0.318 e. The Morgan fingerprint density at radius 2 is 1.97 bits per heavy atom. The number of fused-ring (bicyclic) bond motifs is 3. The van der Waals surface area contributed by atoms with Crippen LogP contribution in [0.4, 0.5) is 4.39 Å². The molecule has 4 aliphatic rings. The predicted molar refractivity (Wildman–Crippen MR) is 138 cm³/mol. The monoisotopic (exact) mass is 503 g/mol. The van der Waals surface area contributed by atoms with Crippen LogP contribution >= 0.6 is 0 Å². The number of imidazole rings is 1. The molecule has 3 aromatic rings. The first-order chi connectivity index (χ1) is 18.0. The number of piperidine rings is 1. The zero-order valence-corrected chi connectivity index (χ0v) is 21.3. The first-order valence-electron chi connectivity index (χ1n) is 12.8. The van der Waals surface area contributed by atoms with Crippen LogP contribution < -0.4 is 4.74 Å². The molecule has 9 nitrogen and oxygen atoms in total. The number of halogens is 1. The molecule has 0 aliphatic carbocycles. The van der Waals surface area contributed by atoms with Gasteiger partial charge in [-0.1, -0.05) is 0 Å². The van der Waals surface area contributed by atoms with Crippen molar-refractivity contribution in [2.75, 3.05) is 26.8 Å². The van der Waals surface area contributed by atoms with Crippen LogP contribution in [-0.4, -0.2) is 68.5 Å². The number of nitrogens with zero attached hydrogens (tertiary/aromatic N) is 7. The molecule has 7 heterocycles. The topological polar surface area (TPSA) is 90.5 Å². The van der Waals surface area contributed by atoms with E-state index >= 15 is 0 Å². The van der Waals surface area contributed by atoms with Crippen molar-refractivity contribution in [3.63, 3.8) is 0 Å². The summed E-state index contributed by atoms with van der Waals surface area (Å²) >= 11 is 0.